The van der Waals surface area contributed by atoms with Crippen molar-refractivity contribution in [2.45, 2.75) is 39.0 Å². The number of carbonyl (C=O) groups excluding carboxylic acids is 1. The zero-order valence-corrected chi connectivity index (χ0v) is 11.6. The van der Waals surface area contributed by atoms with Gasteiger partial charge in [-0.15, -0.1) is 0 Å². The fourth-order valence-corrected chi connectivity index (χ4v) is 1.80. The zero-order chi connectivity index (χ0) is 13.1. The van der Waals surface area contributed by atoms with E-state index in [-0.39, 0.29) is 11.8 Å². The lowest BCUT2D eigenvalue weighted by Crippen LogP contribution is -2.38. The highest BCUT2D eigenvalue weighted by atomic mass is 32.1. The molecule has 0 saturated carbocycles. The van der Waals surface area contributed by atoms with E-state index in [1.54, 1.807) is 7.11 Å². The first kappa shape index (κ1) is 16.3. The molecule has 0 rings (SSSR count). The molecule has 1 amide bonds. The molecule has 4 nitrogen and oxygen atoms in total. The Hall–Kier alpha value is -0.680. The number of amides is 1. The van der Waals surface area contributed by atoms with E-state index in [9.17, 15) is 4.79 Å². The maximum absolute atomic E-state index is 11.8. The molecule has 0 spiro atoms. The van der Waals surface area contributed by atoms with E-state index >= 15 is 0 Å². The molecule has 17 heavy (non-hydrogen) atoms. The average Bonchev–Trinajstić information content (AvgIpc) is 2.29. The highest BCUT2D eigenvalue weighted by molar-refractivity contribution is 7.80. The minimum absolute atomic E-state index is 0.0360. The van der Waals surface area contributed by atoms with Crippen LogP contribution in [0, 0.1) is 5.92 Å². The molecule has 0 aromatic heterocycles. The summed E-state index contributed by atoms with van der Waals surface area (Å²) in [4.78, 5) is 12.1. The van der Waals surface area contributed by atoms with Crippen LogP contribution >= 0.6 is 12.2 Å². The van der Waals surface area contributed by atoms with Crippen molar-refractivity contribution in [1.29, 1.82) is 0 Å². The number of unbranched alkanes of at least 4 members (excludes halogenated alkanes) is 2. The van der Waals surface area contributed by atoms with Gasteiger partial charge in [0.05, 0.1) is 10.9 Å². The van der Waals surface area contributed by atoms with Crippen molar-refractivity contribution in [2.75, 3.05) is 20.3 Å². The molecule has 3 N–H and O–H groups in total. The van der Waals surface area contributed by atoms with E-state index in [0.29, 0.717) is 11.5 Å². The fourth-order valence-electron chi connectivity index (χ4n) is 1.57. The van der Waals surface area contributed by atoms with E-state index in [1.165, 1.54) is 0 Å². The van der Waals surface area contributed by atoms with Crippen LogP contribution in [0.15, 0.2) is 0 Å². The third-order valence-corrected chi connectivity index (χ3v) is 2.85. The molecule has 0 aromatic rings. The smallest absolute Gasteiger partial charge is 0.229 e. The Bertz CT molecular complexity index is 235. The summed E-state index contributed by atoms with van der Waals surface area (Å²) in [6, 6.07) is 0. The van der Waals surface area contributed by atoms with Crippen LogP contribution in [0.5, 0.6) is 0 Å². The van der Waals surface area contributed by atoms with Crippen molar-refractivity contribution in [3.05, 3.63) is 0 Å². The molecular weight excluding hydrogens is 236 g/mol. The van der Waals surface area contributed by atoms with Crippen molar-refractivity contribution in [3.8, 4) is 0 Å². The van der Waals surface area contributed by atoms with Gasteiger partial charge in [0.15, 0.2) is 0 Å². The van der Waals surface area contributed by atoms with Crippen LogP contribution in [0.1, 0.15) is 39.0 Å². The average molecular weight is 260 g/mol. The first-order valence-electron chi connectivity index (χ1n) is 6.19. The number of nitrogens with two attached hydrogens (primary N) is 1. The Labute approximate surface area is 109 Å². The summed E-state index contributed by atoms with van der Waals surface area (Å²) in [6.07, 6.45) is 4.68. The van der Waals surface area contributed by atoms with Gasteiger partial charge in [-0.25, -0.2) is 0 Å². The Morgan fingerprint density at radius 1 is 1.41 bits per heavy atom. The lowest BCUT2D eigenvalue weighted by molar-refractivity contribution is -0.123. The Morgan fingerprint density at radius 3 is 2.65 bits per heavy atom. The second-order valence-electron chi connectivity index (χ2n) is 4.09. The van der Waals surface area contributed by atoms with E-state index < -0.39 is 0 Å². The zero-order valence-electron chi connectivity index (χ0n) is 10.8. The molecule has 0 aliphatic heterocycles. The number of methoxy groups -OCH3 is 1. The predicted octanol–water partition coefficient (Wildman–Crippen LogP) is 1.62. The summed E-state index contributed by atoms with van der Waals surface area (Å²) >= 11 is 4.90. The number of rotatable bonds is 10. The molecule has 1 atom stereocenters. The maximum atomic E-state index is 11.8. The highest BCUT2D eigenvalue weighted by Crippen LogP contribution is 2.07. The van der Waals surface area contributed by atoms with Gasteiger partial charge in [0.1, 0.15) is 0 Å². The normalized spacial score (nSPS) is 12.1. The Morgan fingerprint density at radius 2 is 2.12 bits per heavy atom. The van der Waals surface area contributed by atoms with Crippen molar-refractivity contribution >= 4 is 23.1 Å². The van der Waals surface area contributed by atoms with Gasteiger partial charge in [-0.3, -0.25) is 4.79 Å². The molecule has 0 fully saturated rings. The van der Waals surface area contributed by atoms with Gasteiger partial charge in [-0.1, -0.05) is 25.6 Å². The monoisotopic (exact) mass is 260 g/mol. The van der Waals surface area contributed by atoms with Crippen LogP contribution in [0.4, 0.5) is 0 Å². The van der Waals surface area contributed by atoms with Crippen LogP contribution in [0.2, 0.25) is 0 Å². The van der Waals surface area contributed by atoms with E-state index in [4.69, 9.17) is 22.7 Å². The van der Waals surface area contributed by atoms with Crippen LogP contribution in [-0.2, 0) is 9.53 Å². The van der Waals surface area contributed by atoms with E-state index in [2.05, 4.69) is 5.32 Å². The largest absolute Gasteiger partial charge is 0.393 e. The number of ether oxygens (including phenoxy) is 1. The molecular formula is C12H24N2O2S. The fraction of sp³-hybridized carbons (Fsp3) is 0.833. The third kappa shape index (κ3) is 8.10. The van der Waals surface area contributed by atoms with Crippen LogP contribution < -0.4 is 11.1 Å². The Balaban J connectivity index is 3.71. The highest BCUT2D eigenvalue weighted by Gasteiger charge is 2.19. The lowest BCUT2D eigenvalue weighted by atomic mass is 10.0. The first-order chi connectivity index (χ1) is 8.13. The van der Waals surface area contributed by atoms with Crippen molar-refractivity contribution in [1.82, 2.24) is 5.32 Å². The molecule has 0 saturated heterocycles. The van der Waals surface area contributed by atoms with Crippen LogP contribution in [0.25, 0.3) is 0 Å². The van der Waals surface area contributed by atoms with E-state index in [1.807, 2.05) is 6.92 Å². The van der Waals surface area contributed by atoms with Crippen molar-refractivity contribution < 1.29 is 9.53 Å². The van der Waals surface area contributed by atoms with E-state index in [0.717, 1.165) is 38.7 Å². The summed E-state index contributed by atoms with van der Waals surface area (Å²) < 4.78 is 4.95. The Kier molecular flexibility index (Phi) is 10.1. The van der Waals surface area contributed by atoms with Crippen LogP contribution in [0.3, 0.4) is 0 Å². The quantitative estimate of drug-likeness (QED) is 0.463. The minimum atomic E-state index is -0.311. The lowest BCUT2D eigenvalue weighted by Gasteiger charge is -2.14. The van der Waals surface area contributed by atoms with Gasteiger partial charge in [-0.2, -0.15) is 0 Å². The second-order valence-corrected chi connectivity index (χ2v) is 4.56. The molecule has 0 radical (unpaired) electrons. The third-order valence-electron chi connectivity index (χ3n) is 2.56. The summed E-state index contributed by atoms with van der Waals surface area (Å²) in [7, 11) is 1.69. The summed E-state index contributed by atoms with van der Waals surface area (Å²) in [5, 5.41) is 2.88. The number of carbonyl (C=O) groups is 1. The molecule has 0 aliphatic rings. The summed E-state index contributed by atoms with van der Waals surface area (Å²) in [5.41, 5.74) is 5.55. The number of hydrogen-bond donors (Lipinski definition) is 2. The van der Waals surface area contributed by atoms with Gasteiger partial charge in [0, 0.05) is 20.3 Å². The van der Waals surface area contributed by atoms with Gasteiger partial charge in [-0.05, 0) is 25.7 Å². The minimum Gasteiger partial charge on any atom is -0.393 e. The topological polar surface area (TPSA) is 64.3 Å². The SMILES string of the molecule is CCCC(C(=O)NCCCCCOC)C(N)=S. The molecule has 5 heteroatoms. The first-order valence-corrected chi connectivity index (χ1v) is 6.60. The molecule has 0 aliphatic carbocycles. The number of hydrogen-bond acceptors (Lipinski definition) is 3. The molecule has 100 valence electrons. The summed E-state index contributed by atoms with van der Waals surface area (Å²) in [6.45, 7) is 3.48. The molecule has 0 aromatic carbocycles. The number of nitrogens with one attached hydrogen (secondary N) is 1. The summed E-state index contributed by atoms with van der Waals surface area (Å²) in [5.74, 6) is -0.347. The number of thiocarbonyl (C=S) groups is 1. The van der Waals surface area contributed by atoms with Crippen molar-refractivity contribution in [2.24, 2.45) is 11.7 Å². The van der Waals surface area contributed by atoms with Gasteiger partial charge in [0.25, 0.3) is 0 Å². The van der Waals surface area contributed by atoms with Gasteiger partial charge >= 0.3 is 0 Å². The molecule has 0 heterocycles. The van der Waals surface area contributed by atoms with Crippen molar-refractivity contribution in [3.63, 3.8) is 0 Å². The van der Waals surface area contributed by atoms with Gasteiger partial charge in [0.2, 0.25) is 5.91 Å². The standard InChI is InChI=1S/C12H24N2O2S/c1-3-7-10(11(13)17)12(15)14-8-5-4-6-9-16-2/h10H,3-9H2,1-2H3,(H2,13,17)(H,14,15). The molecule has 0 bridgehead atoms. The second kappa shape index (κ2) is 10.5. The van der Waals surface area contributed by atoms with Gasteiger partial charge < -0.3 is 15.8 Å². The predicted molar refractivity (Wildman–Crippen MR) is 73.9 cm³/mol. The van der Waals surface area contributed by atoms with Crippen LogP contribution in [-0.4, -0.2) is 31.2 Å². The molecule has 1 unspecified atom stereocenters. The maximum Gasteiger partial charge on any atom is 0.229 e.